The fraction of sp³-hybridized carbons (Fsp3) is 0.143. The predicted octanol–water partition coefficient (Wildman–Crippen LogP) is 2.41. The number of nitrogens with zero attached hydrogens (tertiary/aromatic N) is 5. The van der Waals surface area contributed by atoms with Gasteiger partial charge in [-0.1, -0.05) is 0 Å². The molecule has 2 N–H and O–H groups in total. The van der Waals surface area contributed by atoms with E-state index >= 15 is 0 Å². The zero-order valence-corrected chi connectivity index (χ0v) is 17.0. The molecule has 0 saturated carbocycles. The van der Waals surface area contributed by atoms with Gasteiger partial charge < -0.3 is 14.9 Å². The van der Waals surface area contributed by atoms with Crippen LogP contribution >= 0.6 is 0 Å². The normalized spacial score (nSPS) is 12.3. The number of phenolic OH excluding ortho intramolecular Hbond substituents is 1. The Morgan fingerprint density at radius 2 is 1.61 bits per heavy atom. The van der Waals surface area contributed by atoms with Crippen LogP contribution < -0.4 is 16.0 Å². The number of alkyl halides is 3. The smallest absolute Gasteiger partial charge is 0.408 e. The van der Waals surface area contributed by atoms with Gasteiger partial charge in [0.2, 0.25) is 11.5 Å². The van der Waals surface area contributed by atoms with Crippen LogP contribution in [0.2, 0.25) is 0 Å². The average Bonchev–Trinajstić information content (AvgIpc) is 2.79. The Kier molecular flexibility index (Phi) is 5.50. The zero-order valence-electron chi connectivity index (χ0n) is 17.0. The highest BCUT2D eigenvalue weighted by Gasteiger charge is 2.27. The number of hydrogen-bond acceptors (Lipinski definition) is 7. The van der Waals surface area contributed by atoms with Gasteiger partial charge in [0, 0.05) is 6.20 Å². The fourth-order valence-corrected chi connectivity index (χ4v) is 3.13. The molecule has 12 heteroatoms. The molecule has 2 aliphatic heterocycles. The van der Waals surface area contributed by atoms with E-state index in [9.17, 15) is 28.2 Å². The summed E-state index contributed by atoms with van der Waals surface area (Å²) in [5.74, 6) is -0.215. The van der Waals surface area contributed by atoms with Crippen molar-refractivity contribution < 1.29 is 28.1 Å². The van der Waals surface area contributed by atoms with E-state index < -0.39 is 29.9 Å². The number of phenols is 1. The zero-order chi connectivity index (χ0) is 23.8. The monoisotopic (exact) mass is 459 g/mol. The van der Waals surface area contributed by atoms with Crippen molar-refractivity contribution in [3.63, 3.8) is 0 Å². The maximum absolute atomic E-state index is 13.5. The van der Waals surface area contributed by atoms with Gasteiger partial charge in [0.05, 0.1) is 24.0 Å². The van der Waals surface area contributed by atoms with Crippen LogP contribution in [-0.4, -0.2) is 49.1 Å². The van der Waals surface area contributed by atoms with E-state index in [1.807, 2.05) is 0 Å². The Morgan fingerprint density at radius 1 is 1.00 bits per heavy atom. The topological polar surface area (TPSA) is 115 Å². The number of ether oxygens (including phenoxy) is 1. The van der Waals surface area contributed by atoms with Gasteiger partial charge in [0.25, 0.3) is 0 Å². The van der Waals surface area contributed by atoms with Crippen LogP contribution in [0.25, 0.3) is 22.8 Å². The first-order valence-electron chi connectivity index (χ1n) is 9.43. The Hall–Kier alpha value is -4.35. The first-order chi connectivity index (χ1) is 15.7. The molecule has 0 amide bonds. The first kappa shape index (κ1) is 21.9. The molecule has 0 bridgehead atoms. The quantitative estimate of drug-likeness (QED) is 0.485. The number of rotatable bonds is 4. The second-order valence-electron chi connectivity index (χ2n) is 6.83. The van der Waals surface area contributed by atoms with Gasteiger partial charge in [-0.25, -0.2) is 23.9 Å². The van der Waals surface area contributed by atoms with Gasteiger partial charge in [0.1, 0.15) is 18.0 Å². The van der Waals surface area contributed by atoms with Crippen molar-refractivity contribution in [3.05, 3.63) is 70.8 Å². The first-order valence-corrected chi connectivity index (χ1v) is 9.43. The van der Waals surface area contributed by atoms with Gasteiger partial charge in [-0.2, -0.15) is 18.2 Å². The van der Waals surface area contributed by atoms with E-state index in [1.165, 1.54) is 31.4 Å². The summed E-state index contributed by atoms with van der Waals surface area (Å²) in [6, 6.07) is 11.8. The molecular formula is C21H16F3N5O4. The summed E-state index contributed by atoms with van der Waals surface area (Å²) in [5.41, 5.74) is -0.752. The Balaban J connectivity index is 2.04. The number of methoxy groups -OCH3 is 1. The number of hydrogen-bond donors (Lipinski definition) is 2. The standard InChI is InChI=1S/C21H16F3N5O4/c1-33-15-8-4-13(5-9-15)29-18(31)16-10-25-19(26-11-21(22,23)24)27-17(16)28(20(29)32)12-2-6-14(30)7-3-12/h2-10,30-31H,11H2,1H3/b26-19+. The lowest BCUT2D eigenvalue weighted by atomic mass is 10.2. The van der Waals surface area contributed by atoms with E-state index in [4.69, 9.17) is 4.74 Å². The second kappa shape index (κ2) is 8.30. The molecule has 2 aromatic rings. The Labute approximate surface area is 183 Å². The van der Waals surface area contributed by atoms with Crippen molar-refractivity contribution in [2.45, 2.75) is 6.18 Å². The van der Waals surface area contributed by atoms with Crippen LogP contribution in [-0.2, 0) is 0 Å². The van der Waals surface area contributed by atoms with Crippen LogP contribution in [0.1, 0.15) is 0 Å². The molecule has 0 aromatic heterocycles. The Morgan fingerprint density at radius 3 is 2.21 bits per heavy atom. The molecule has 0 radical (unpaired) electrons. The van der Waals surface area contributed by atoms with E-state index in [-0.39, 0.29) is 22.8 Å². The largest absolute Gasteiger partial charge is 0.508 e. The number of aromatic hydroxyl groups is 2. The van der Waals surface area contributed by atoms with Crippen molar-refractivity contribution in [1.29, 1.82) is 0 Å². The molecule has 0 aliphatic carbocycles. The van der Waals surface area contributed by atoms with Crippen LogP contribution in [0.15, 0.2) is 64.5 Å². The fourth-order valence-electron chi connectivity index (χ4n) is 3.13. The maximum Gasteiger partial charge on any atom is 0.408 e. The van der Waals surface area contributed by atoms with Crippen LogP contribution in [0, 0.1) is 0 Å². The number of aromatic nitrogens is 4. The minimum atomic E-state index is -4.56. The third-order valence-electron chi connectivity index (χ3n) is 4.64. The molecule has 33 heavy (non-hydrogen) atoms. The van der Waals surface area contributed by atoms with E-state index in [0.29, 0.717) is 11.4 Å². The highest BCUT2D eigenvalue weighted by atomic mass is 19.4. The lowest BCUT2D eigenvalue weighted by molar-refractivity contribution is -0.118. The molecule has 2 aliphatic rings. The molecule has 4 rings (SSSR count). The summed E-state index contributed by atoms with van der Waals surface area (Å²) in [4.78, 5) is 24.6. The van der Waals surface area contributed by atoms with Gasteiger partial charge in [-0.05, 0) is 48.5 Å². The highest BCUT2D eigenvalue weighted by Crippen LogP contribution is 2.30. The minimum Gasteiger partial charge on any atom is -0.508 e. The lowest BCUT2D eigenvalue weighted by Crippen LogP contribution is -2.33. The van der Waals surface area contributed by atoms with E-state index in [1.54, 1.807) is 24.3 Å². The van der Waals surface area contributed by atoms with E-state index in [2.05, 4.69) is 15.0 Å². The predicted molar refractivity (Wildman–Crippen MR) is 110 cm³/mol. The van der Waals surface area contributed by atoms with Crippen molar-refractivity contribution in [2.75, 3.05) is 13.7 Å². The molecule has 0 fully saturated rings. The SMILES string of the molecule is COc1ccc(-n2c(O)c3cn/c(=N\CC(F)(F)F)nc-3n(-c3ccc(O)cc3)c2=O)cc1. The van der Waals surface area contributed by atoms with E-state index in [0.717, 1.165) is 15.3 Å². The average molecular weight is 459 g/mol. The third-order valence-corrected chi connectivity index (χ3v) is 4.64. The summed E-state index contributed by atoms with van der Waals surface area (Å²) in [7, 11) is 1.48. The lowest BCUT2D eigenvalue weighted by Gasteiger charge is -2.19. The summed E-state index contributed by atoms with van der Waals surface area (Å²) in [6.45, 7) is -1.51. The molecule has 0 unspecified atom stereocenters. The molecule has 9 nitrogen and oxygen atoms in total. The van der Waals surface area contributed by atoms with Gasteiger partial charge >= 0.3 is 11.9 Å². The molecular weight excluding hydrogens is 443 g/mol. The molecule has 0 saturated heterocycles. The number of fused-ring (bicyclic) bond motifs is 1. The molecule has 0 spiro atoms. The van der Waals surface area contributed by atoms with Crippen molar-refractivity contribution in [3.8, 4) is 40.1 Å². The van der Waals surface area contributed by atoms with Crippen molar-refractivity contribution in [2.24, 2.45) is 4.99 Å². The number of benzene rings is 2. The molecule has 0 atom stereocenters. The molecule has 2 heterocycles. The Bertz CT molecular complexity index is 1390. The van der Waals surface area contributed by atoms with Gasteiger partial charge in [0.15, 0.2) is 5.82 Å². The van der Waals surface area contributed by atoms with Crippen LogP contribution in [0.3, 0.4) is 0 Å². The van der Waals surface area contributed by atoms with Crippen molar-refractivity contribution in [1.82, 2.24) is 19.1 Å². The third kappa shape index (κ3) is 4.35. The summed E-state index contributed by atoms with van der Waals surface area (Å²) < 4.78 is 44.9. The summed E-state index contributed by atoms with van der Waals surface area (Å²) in [6.07, 6.45) is -3.48. The second-order valence-corrected chi connectivity index (χ2v) is 6.83. The van der Waals surface area contributed by atoms with Gasteiger partial charge in [-0.15, -0.1) is 0 Å². The van der Waals surface area contributed by atoms with Crippen LogP contribution in [0.4, 0.5) is 13.2 Å². The number of halogens is 3. The minimum absolute atomic E-state index is 0.00977. The highest BCUT2D eigenvalue weighted by molar-refractivity contribution is 5.65. The summed E-state index contributed by atoms with van der Waals surface area (Å²) >= 11 is 0. The summed E-state index contributed by atoms with van der Waals surface area (Å²) in [5, 5.41) is 20.5. The van der Waals surface area contributed by atoms with Crippen LogP contribution in [0.5, 0.6) is 17.4 Å². The van der Waals surface area contributed by atoms with Crippen molar-refractivity contribution >= 4 is 0 Å². The maximum atomic E-state index is 13.5. The van der Waals surface area contributed by atoms with Gasteiger partial charge in [-0.3, -0.25) is 0 Å². The molecule has 170 valence electrons. The molecule has 2 aromatic carbocycles.